The zero-order valence-corrected chi connectivity index (χ0v) is 36.0. The Morgan fingerprint density at radius 1 is 0.508 bits per heavy atom. The second-order valence-corrected chi connectivity index (χ2v) is 18.8. The van der Waals surface area contributed by atoms with Crippen LogP contribution in [-0.4, -0.2) is 11.8 Å². The molecule has 4 aromatic heterocycles. The highest BCUT2D eigenvalue weighted by Crippen LogP contribution is 2.49. The molecule has 0 spiro atoms. The third-order valence-corrected chi connectivity index (χ3v) is 15.2. The van der Waals surface area contributed by atoms with Crippen LogP contribution < -0.4 is 16.2 Å². The van der Waals surface area contributed by atoms with Crippen LogP contribution in [0.3, 0.4) is 0 Å². The first-order valence-corrected chi connectivity index (χ1v) is 23.1. The quantitative estimate of drug-likeness (QED) is 0.179. The zero-order chi connectivity index (χ0) is 42.5. The molecule has 0 fully saturated rings. The molecular formula is C59H35BN2O2S. The maximum absolute atomic E-state index is 6.63. The molecule has 5 heterocycles. The van der Waals surface area contributed by atoms with Crippen LogP contribution in [0.1, 0.15) is 5.56 Å². The van der Waals surface area contributed by atoms with Crippen LogP contribution in [0.2, 0.25) is 0 Å². The van der Waals surface area contributed by atoms with Crippen molar-refractivity contribution in [1.82, 2.24) is 4.57 Å². The predicted molar refractivity (Wildman–Crippen MR) is 277 cm³/mol. The number of benzene rings is 10. The highest BCUT2D eigenvalue weighted by molar-refractivity contribution is 7.26. The molecular weight excluding hydrogens is 812 g/mol. The topological polar surface area (TPSA) is 43.2 Å². The second-order valence-electron chi connectivity index (χ2n) is 17.7. The number of hydrogen-bond acceptors (Lipinski definition) is 4. The second kappa shape index (κ2) is 13.0. The van der Waals surface area contributed by atoms with Crippen molar-refractivity contribution in [2.75, 3.05) is 5.32 Å². The Kier molecular flexibility index (Phi) is 7.09. The third-order valence-electron chi connectivity index (χ3n) is 14.0. The molecule has 10 aromatic carbocycles. The first-order chi connectivity index (χ1) is 32.1. The van der Waals surface area contributed by atoms with E-state index in [9.17, 15) is 0 Å². The highest BCUT2D eigenvalue weighted by Gasteiger charge is 2.31. The number of thiophene rings is 1. The third kappa shape index (κ3) is 5.03. The molecule has 302 valence electrons. The molecule has 6 heteroatoms. The average molecular weight is 847 g/mol. The van der Waals surface area contributed by atoms with Crippen molar-refractivity contribution in [2.45, 2.75) is 6.92 Å². The summed E-state index contributed by atoms with van der Waals surface area (Å²) in [4.78, 5) is 0. The lowest BCUT2D eigenvalue weighted by molar-refractivity contribution is 0.669. The smallest absolute Gasteiger partial charge is 0.198 e. The van der Waals surface area contributed by atoms with Crippen molar-refractivity contribution in [3.63, 3.8) is 0 Å². The molecule has 0 unspecified atom stereocenters. The van der Waals surface area contributed by atoms with Gasteiger partial charge in [-0.15, -0.1) is 11.3 Å². The summed E-state index contributed by atoms with van der Waals surface area (Å²) in [6.45, 7) is 2.14. The van der Waals surface area contributed by atoms with Gasteiger partial charge in [0.25, 0.3) is 0 Å². The number of aryl methyl sites for hydroxylation is 1. The molecule has 0 saturated heterocycles. The summed E-state index contributed by atoms with van der Waals surface area (Å²) in [5.74, 6) is 0. The van der Waals surface area contributed by atoms with Gasteiger partial charge in [-0.3, -0.25) is 0 Å². The van der Waals surface area contributed by atoms with E-state index in [4.69, 9.17) is 8.83 Å². The van der Waals surface area contributed by atoms with Gasteiger partial charge in [0.15, 0.2) is 7.28 Å². The Bertz CT molecular complexity index is 4380. The predicted octanol–water partition coefficient (Wildman–Crippen LogP) is 15.2. The van der Waals surface area contributed by atoms with Crippen LogP contribution >= 0.6 is 11.3 Å². The Hall–Kier alpha value is -8.06. The molecule has 4 nitrogen and oxygen atoms in total. The number of para-hydroxylation sites is 2. The molecule has 1 aliphatic heterocycles. The molecule has 0 amide bonds. The molecule has 14 aromatic rings. The Morgan fingerprint density at radius 2 is 1.20 bits per heavy atom. The van der Waals surface area contributed by atoms with Crippen LogP contribution in [0.5, 0.6) is 0 Å². The van der Waals surface area contributed by atoms with E-state index in [2.05, 4.69) is 193 Å². The molecule has 65 heavy (non-hydrogen) atoms. The van der Waals surface area contributed by atoms with Gasteiger partial charge < -0.3 is 18.7 Å². The van der Waals surface area contributed by atoms with Crippen molar-refractivity contribution in [1.29, 1.82) is 0 Å². The van der Waals surface area contributed by atoms with Gasteiger partial charge in [-0.2, -0.15) is 0 Å². The van der Waals surface area contributed by atoms with E-state index in [0.29, 0.717) is 0 Å². The van der Waals surface area contributed by atoms with Gasteiger partial charge in [-0.1, -0.05) is 108 Å². The molecule has 1 aliphatic rings. The van der Waals surface area contributed by atoms with Crippen molar-refractivity contribution in [3.8, 4) is 27.9 Å². The van der Waals surface area contributed by atoms with Crippen molar-refractivity contribution in [2.24, 2.45) is 0 Å². The summed E-state index contributed by atoms with van der Waals surface area (Å²) in [5, 5.41) is 15.9. The van der Waals surface area contributed by atoms with Gasteiger partial charge >= 0.3 is 0 Å². The number of anilines is 2. The summed E-state index contributed by atoms with van der Waals surface area (Å²) >= 11 is 1.86. The minimum atomic E-state index is 0.731. The number of hydrogen-bond donors (Lipinski definition) is 1. The lowest BCUT2D eigenvalue weighted by atomic mass is 9.58. The summed E-state index contributed by atoms with van der Waals surface area (Å²) in [7, 11) is 0.731. The number of nitrogens with zero attached hydrogens (tertiary/aromatic N) is 1. The number of nitrogens with one attached hydrogen (secondary N) is 1. The van der Waals surface area contributed by atoms with Crippen LogP contribution in [0, 0.1) is 6.92 Å². The normalized spacial score (nSPS) is 12.5. The molecule has 15 rings (SSSR count). The van der Waals surface area contributed by atoms with Crippen LogP contribution in [-0.2, 0) is 0 Å². The maximum Gasteiger partial charge on any atom is 0.198 e. The fraction of sp³-hybridized carbons (Fsp3) is 0.0169. The zero-order valence-electron chi connectivity index (χ0n) is 35.2. The van der Waals surface area contributed by atoms with E-state index in [1.54, 1.807) is 0 Å². The van der Waals surface area contributed by atoms with E-state index in [-0.39, 0.29) is 0 Å². The first-order valence-electron chi connectivity index (χ1n) is 22.3. The van der Waals surface area contributed by atoms with Gasteiger partial charge in [-0.05, 0) is 125 Å². The standard InChI is InChI=1S/C59H35BN2O2S/c1-32-18-21-36(22-19-32)61-46-24-25-54-57(40-14-6-9-17-53(40)65-54)56(46)44-29-41(35-20-23-39-37-12-4-7-15-49(37)63-51(39)28-35)55-43-26-33-10-2-3-11-34(33)27-47(43)62-48-30-42-38-13-5-8-16-50(38)64-52(42)31-45(48)60-58(44)59(55)62/h2-31,60-61H,1H3. The molecule has 0 atom stereocenters. The Labute approximate surface area is 376 Å². The van der Waals surface area contributed by atoms with E-state index in [1.165, 1.54) is 91.6 Å². The average Bonchev–Trinajstić information content (AvgIpc) is 4.10. The number of furan rings is 2. The molecule has 0 saturated carbocycles. The molecule has 0 bridgehead atoms. The van der Waals surface area contributed by atoms with Crippen LogP contribution in [0.4, 0.5) is 11.4 Å². The summed E-state index contributed by atoms with van der Waals surface area (Å²) in [6.07, 6.45) is 0. The molecule has 1 N–H and O–H groups in total. The van der Waals surface area contributed by atoms with Gasteiger partial charge in [0.2, 0.25) is 0 Å². The minimum Gasteiger partial charge on any atom is -0.456 e. The lowest BCUT2D eigenvalue weighted by Crippen LogP contribution is -2.37. The van der Waals surface area contributed by atoms with Crippen molar-refractivity contribution >= 4 is 138 Å². The SMILES string of the molecule is Cc1ccc(Nc2ccc3sc4ccccc4c3c2-c2cc(-c3ccc4c(c3)oc3ccccc34)c3c4cc5ccccc5cc4n4c3c2Bc2cc3oc5ccccc5c3cc2-4)cc1. The van der Waals surface area contributed by atoms with Crippen LogP contribution in [0.25, 0.3) is 125 Å². The van der Waals surface area contributed by atoms with Gasteiger partial charge in [0.1, 0.15) is 22.3 Å². The first kappa shape index (κ1) is 35.4. The van der Waals surface area contributed by atoms with E-state index in [0.717, 1.165) is 68.1 Å². The van der Waals surface area contributed by atoms with Gasteiger partial charge in [0.05, 0.1) is 5.52 Å². The molecule has 0 aliphatic carbocycles. The van der Waals surface area contributed by atoms with E-state index < -0.39 is 0 Å². The van der Waals surface area contributed by atoms with E-state index in [1.807, 2.05) is 17.4 Å². The fourth-order valence-corrected chi connectivity index (χ4v) is 12.2. The summed E-state index contributed by atoms with van der Waals surface area (Å²) < 4.78 is 18.4. The summed E-state index contributed by atoms with van der Waals surface area (Å²) in [6, 6.07) is 66.6. The number of fused-ring (bicyclic) bond motifs is 15. The lowest BCUT2D eigenvalue weighted by Gasteiger charge is -2.25. The largest absolute Gasteiger partial charge is 0.456 e. The van der Waals surface area contributed by atoms with Crippen LogP contribution in [0.15, 0.2) is 191 Å². The minimum absolute atomic E-state index is 0.731. The maximum atomic E-state index is 6.63. The van der Waals surface area contributed by atoms with E-state index >= 15 is 0 Å². The number of aromatic nitrogens is 1. The monoisotopic (exact) mass is 846 g/mol. The Balaban J connectivity index is 1.14. The molecule has 0 radical (unpaired) electrons. The van der Waals surface area contributed by atoms with Gasteiger partial charge in [0, 0.05) is 80.6 Å². The highest BCUT2D eigenvalue weighted by atomic mass is 32.1. The van der Waals surface area contributed by atoms with Crippen molar-refractivity contribution < 1.29 is 8.83 Å². The van der Waals surface area contributed by atoms with Crippen molar-refractivity contribution in [3.05, 3.63) is 188 Å². The number of rotatable bonds is 4. The summed E-state index contributed by atoms with van der Waals surface area (Å²) in [5.41, 5.74) is 17.8. The Morgan fingerprint density at radius 3 is 2.02 bits per heavy atom. The fourth-order valence-electron chi connectivity index (χ4n) is 11.1. The van der Waals surface area contributed by atoms with Gasteiger partial charge in [-0.25, -0.2) is 0 Å².